The van der Waals surface area contributed by atoms with Crippen LogP contribution in [0.5, 0.6) is 0 Å². The lowest BCUT2D eigenvalue weighted by atomic mass is 9.94. The van der Waals surface area contributed by atoms with Crippen molar-refractivity contribution in [1.29, 1.82) is 0 Å². The summed E-state index contributed by atoms with van der Waals surface area (Å²) >= 11 is 2.55. The van der Waals surface area contributed by atoms with Gasteiger partial charge in [0.05, 0.1) is 23.3 Å². The number of ether oxygens (including phenoxy) is 1. The van der Waals surface area contributed by atoms with Crippen LogP contribution in [-0.4, -0.2) is 31.5 Å². The average Bonchev–Trinajstić information content (AvgIpc) is 2.99. The van der Waals surface area contributed by atoms with Crippen molar-refractivity contribution in [1.82, 2.24) is 9.55 Å². The predicted molar refractivity (Wildman–Crippen MR) is 115 cm³/mol. The fourth-order valence-corrected chi connectivity index (χ4v) is 5.49. The average molecular weight is 431 g/mol. The van der Waals surface area contributed by atoms with Gasteiger partial charge in [0.1, 0.15) is 10.1 Å². The van der Waals surface area contributed by atoms with E-state index in [0.717, 1.165) is 33.5 Å². The molecule has 1 atom stereocenters. The second kappa shape index (κ2) is 7.27. The lowest BCUT2D eigenvalue weighted by Gasteiger charge is -2.30. The molecule has 0 saturated carbocycles. The number of fused-ring (bicyclic) bond motifs is 3. The van der Waals surface area contributed by atoms with Gasteiger partial charge in [-0.2, -0.15) is 0 Å². The van der Waals surface area contributed by atoms with Crippen molar-refractivity contribution in [3.8, 4) is 5.69 Å². The van der Waals surface area contributed by atoms with Crippen LogP contribution in [0.4, 0.5) is 0 Å². The number of benzene rings is 1. The number of aryl methyl sites for hydroxylation is 1. The third-order valence-corrected chi connectivity index (χ3v) is 7.20. The number of hydrogen-bond acceptors (Lipinski definition) is 6. The van der Waals surface area contributed by atoms with E-state index in [-0.39, 0.29) is 11.2 Å². The lowest BCUT2D eigenvalue weighted by Crippen LogP contribution is -2.32. The molecule has 1 aromatic carbocycles. The zero-order valence-corrected chi connectivity index (χ0v) is 18.3. The number of carboxylic acids is 1. The molecule has 3 aromatic rings. The molecule has 3 heterocycles. The second-order valence-electron chi connectivity index (χ2n) is 7.83. The Kier molecular flexibility index (Phi) is 5.04. The number of para-hydroxylation sites is 1. The SMILES string of the molecule is Cc1ccccc1-n1c(SC(C)C(=O)O)nc2sc3c(c2c1=O)CC(C)(C)OC3. The number of hydrogen-bond donors (Lipinski definition) is 1. The molecule has 4 rings (SSSR count). The van der Waals surface area contributed by atoms with Gasteiger partial charge in [-0.15, -0.1) is 11.3 Å². The Balaban J connectivity index is 2.02. The molecule has 1 unspecified atom stereocenters. The van der Waals surface area contributed by atoms with Gasteiger partial charge in [0.2, 0.25) is 0 Å². The van der Waals surface area contributed by atoms with Crippen molar-refractivity contribution in [2.24, 2.45) is 0 Å². The Bertz CT molecular complexity index is 1180. The van der Waals surface area contributed by atoms with Crippen LogP contribution in [0.2, 0.25) is 0 Å². The molecular weight excluding hydrogens is 408 g/mol. The summed E-state index contributed by atoms with van der Waals surface area (Å²) in [5.41, 5.74) is 2.15. The van der Waals surface area contributed by atoms with Crippen molar-refractivity contribution in [2.75, 3.05) is 0 Å². The maximum absolute atomic E-state index is 13.7. The molecule has 0 amide bonds. The molecule has 8 heteroatoms. The third kappa shape index (κ3) is 3.60. The van der Waals surface area contributed by atoms with Gasteiger partial charge in [-0.05, 0) is 44.9 Å². The summed E-state index contributed by atoms with van der Waals surface area (Å²) in [4.78, 5) is 31.6. The highest BCUT2D eigenvalue weighted by Gasteiger charge is 2.32. The first kappa shape index (κ1) is 20.1. The molecule has 1 aliphatic heterocycles. The lowest BCUT2D eigenvalue weighted by molar-refractivity contribution is -0.136. The van der Waals surface area contributed by atoms with Gasteiger partial charge in [0.25, 0.3) is 5.56 Å². The largest absolute Gasteiger partial charge is 0.480 e. The summed E-state index contributed by atoms with van der Waals surface area (Å²) in [7, 11) is 0. The van der Waals surface area contributed by atoms with E-state index in [9.17, 15) is 14.7 Å². The van der Waals surface area contributed by atoms with Crippen LogP contribution < -0.4 is 5.56 Å². The van der Waals surface area contributed by atoms with Crippen LogP contribution >= 0.6 is 23.1 Å². The molecule has 0 bridgehead atoms. The Labute approximate surface area is 176 Å². The summed E-state index contributed by atoms with van der Waals surface area (Å²) in [6.07, 6.45) is 0.644. The summed E-state index contributed by atoms with van der Waals surface area (Å²) in [6, 6.07) is 7.58. The van der Waals surface area contributed by atoms with E-state index >= 15 is 0 Å². The Morgan fingerprint density at radius 1 is 1.38 bits per heavy atom. The number of aliphatic carboxylic acids is 1. The standard InChI is InChI=1S/C21H22N2O4S2/c1-11-7-5-6-8-14(11)23-18(24)16-13-9-21(3,4)27-10-15(13)29-17(16)22-20(23)28-12(2)19(25)26/h5-8,12H,9-10H2,1-4H3,(H,25,26). The quantitative estimate of drug-likeness (QED) is 0.494. The third-order valence-electron chi connectivity index (χ3n) is 5.06. The van der Waals surface area contributed by atoms with E-state index in [1.807, 2.05) is 45.0 Å². The molecule has 0 radical (unpaired) electrons. The van der Waals surface area contributed by atoms with Gasteiger partial charge in [-0.1, -0.05) is 30.0 Å². The van der Waals surface area contributed by atoms with E-state index in [1.165, 1.54) is 11.3 Å². The molecule has 0 fully saturated rings. The summed E-state index contributed by atoms with van der Waals surface area (Å²) in [6.45, 7) is 8.03. The summed E-state index contributed by atoms with van der Waals surface area (Å²) in [5, 5.41) is 9.67. The number of thioether (sulfide) groups is 1. The first-order chi connectivity index (χ1) is 13.7. The van der Waals surface area contributed by atoms with Crippen LogP contribution in [0.1, 0.15) is 36.8 Å². The van der Waals surface area contributed by atoms with Crippen LogP contribution in [0.15, 0.2) is 34.2 Å². The normalized spacial score (nSPS) is 16.6. The first-order valence-corrected chi connectivity index (χ1v) is 11.0. The Morgan fingerprint density at radius 2 is 2.10 bits per heavy atom. The van der Waals surface area contributed by atoms with E-state index in [1.54, 1.807) is 11.5 Å². The molecule has 6 nitrogen and oxygen atoms in total. The zero-order chi connectivity index (χ0) is 20.9. The highest BCUT2D eigenvalue weighted by Crippen LogP contribution is 2.38. The van der Waals surface area contributed by atoms with Crippen LogP contribution in [0, 0.1) is 6.92 Å². The van der Waals surface area contributed by atoms with Gasteiger partial charge in [0, 0.05) is 11.3 Å². The maximum atomic E-state index is 13.7. The monoisotopic (exact) mass is 430 g/mol. The minimum Gasteiger partial charge on any atom is -0.480 e. The van der Waals surface area contributed by atoms with Crippen LogP contribution in [0.3, 0.4) is 0 Å². The van der Waals surface area contributed by atoms with E-state index < -0.39 is 11.2 Å². The molecule has 29 heavy (non-hydrogen) atoms. The highest BCUT2D eigenvalue weighted by molar-refractivity contribution is 8.00. The molecular formula is C21H22N2O4S2. The van der Waals surface area contributed by atoms with Gasteiger partial charge < -0.3 is 9.84 Å². The summed E-state index contributed by atoms with van der Waals surface area (Å²) in [5.74, 6) is -0.943. The zero-order valence-electron chi connectivity index (χ0n) is 16.7. The molecule has 0 spiro atoms. The number of carboxylic acid groups (broad SMARTS) is 1. The van der Waals surface area contributed by atoms with E-state index in [4.69, 9.17) is 9.72 Å². The Hall–Kier alpha value is -2.16. The molecule has 0 saturated heterocycles. The van der Waals surface area contributed by atoms with E-state index in [0.29, 0.717) is 28.4 Å². The fraction of sp³-hybridized carbons (Fsp3) is 0.381. The topological polar surface area (TPSA) is 81.4 Å². The minimum atomic E-state index is -0.943. The molecule has 152 valence electrons. The van der Waals surface area contributed by atoms with Crippen LogP contribution in [0.25, 0.3) is 15.9 Å². The molecule has 0 aliphatic carbocycles. The van der Waals surface area contributed by atoms with Crippen molar-refractivity contribution >= 4 is 39.3 Å². The van der Waals surface area contributed by atoms with Crippen molar-refractivity contribution in [3.05, 3.63) is 50.6 Å². The number of aromatic nitrogens is 2. The fourth-order valence-electron chi connectivity index (χ4n) is 3.49. The van der Waals surface area contributed by atoms with Crippen molar-refractivity contribution < 1.29 is 14.6 Å². The summed E-state index contributed by atoms with van der Waals surface area (Å²) < 4.78 is 7.48. The number of carbonyl (C=O) groups is 1. The minimum absolute atomic E-state index is 0.153. The van der Waals surface area contributed by atoms with E-state index in [2.05, 4.69) is 0 Å². The smallest absolute Gasteiger partial charge is 0.316 e. The highest BCUT2D eigenvalue weighted by atomic mass is 32.2. The van der Waals surface area contributed by atoms with Gasteiger partial charge >= 0.3 is 5.97 Å². The van der Waals surface area contributed by atoms with Gasteiger partial charge in [0.15, 0.2) is 5.16 Å². The van der Waals surface area contributed by atoms with Crippen molar-refractivity contribution in [2.45, 2.75) is 56.7 Å². The number of nitrogens with zero attached hydrogens (tertiary/aromatic N) is 2. The molecule has 1 N–H and O–H groups in total. The Morgan fingerprint density at radius 3 is 2.79 bits per heavy atom. The van der Waals surface area contributed by atoms with Gasteiger partial charge in [-0.3, -0.25) is 14.2 Å². The number of rotatable bonds is 4. The van der Waals surface area contributed by atoms with Crippen LogP contribution in [-0.2, 0) is 22.6 Å². The molecule has 2 aromatic heterocycles. The van der Waals surface area contributed by atoms with Gasteiger partial charge in [-0.25, -0.2) is 4.98 Å². The van der Waals surface area contributed by atoms with Crippen molar-refractivity contribution in [3.63, 3.8) is 0 Å². The maximum Gasteiger partial charge on any atom is 0.316 e. The molecule has 1 aliphatic rings. The number of thiophene rings is 1. The predicted octanol–water partition coefficient (Wildman–Crippen LogP) is 4.17. The first-order valence-electron chi connectivity index (χ1n) is 9.34. The second-order valence-corrected chi connectivity index (χ2v) is 10.2.